The van der Waals surface area contributed by atoms with Crippen molar-refractivity contribution in [2.45, 2.75) is 74.9 Å². The highest BCUT2D eigenvalue weighted by Gasteiger charge is 2.59. The Bertz CT molecular complexity index is 1980. The first-order chi connectivity index (χ1) is 24.1. The van der Waals surface area contributed by atoms with Crippen LogP contribution in [0.3, 0.4) is 0 Å². The van der Waals surface area contributed by atoms with E-state index in [2.05, 4.69) is 116 Å². The van der Waals surface area contributed by atoms with Gasteiger partial charge in [0.15, 0.2) is 0 Å². The Labute approximate surface area is 306 Å². The van der Waals surface area contributed by atoms with E-state index in [0.717, 1.165) is 48.3 Å². The van der Waals surface area contributed by atoms with Crippen LogP contribution in [0.5, 0.6) is 5.75 Å². The van der Waals surface area contributed by atoms with E-state index in [4.69, 9.17) is 32.7 Å². The number of nitrogens with zero attached hydrogens (tertiary/aromatic N) is 2. The Balaban J connectivity index is 1.04. The monoisotopic (exact) mass is 708 g/mol. The minimum absolute atomic E-state index is 0.176. The topological polar surface area (TPSA) is 45.2 Å². The van der Waals surface area contributed by atoms with Crippen molar-refractivity contribution in [1.29, 1.82) is 0 Å². The lowest BCUT2D eigenvalue weighted by atomic mass is 9.64. The standard InChI is InChI=1S/C43H46Cl2N2O3/c1-40(2)35-12-5-7-14-37(35)46(42(40)18-16-30-24-33(48)25-32(28-45)34(30)26-42)20-22-49-23-21-47-38-15-8-6-13-36(38)41(3,4)43(47)19-17-29-10-9-11-31(27-44)39(29)50-43/h5-8,11-19,24-25,48H,9-10,20-23,26-28H2,1-4H3. The number of para-hydroxylation sites is 2. The summed E-state index contributed by atoms with van der Waals surface area (Å²) in [5.41, 5.74) is 9.08. The highest BCUT2D eigenvalue weighted by molar-refractivity contribution is 6.19. The number of phenolic OH excluding ortho intramolecular Hbond substituents is 1. The van der Waals surface area contributed by atoms with Crippen LogP contribution in [0.15, 0.2) is 102 Å². The molecule has 2 spiro atoms. The number of fused-ring (bicyclic) bond motifs is 3. The third kappa shape index (κ3) is 4.76. The van der Waals surface area contributed by atoms with Gasteiger partial charge in [0.05, 0.1) is 30.0 Å². The van der Waals surface area contributed by atoms with Gasteiger partial charge in [-0.3, -0.25) is 0 Å². The van der Waals surface area contributed by atoms with Crippen molar-refractivity contribution in [2.24, 2.45) is 0 Å². The molecule has 50 heavy (non-hydrogen) atoms. The van der Waals surface area contributed by atoms with Crippen LogP contribution >= 0.6 is 23.2 Å². The fraction of sp³-hybridized carbons (Fsp3) is 0.395. The van der Waals surface area contributed by atoms with Gasteiger partial charge >= 0.3 is 0 Å². The lowest BCUT2D eigenvalue weighted by molar-refractivity contribution is -0.0109. The lowest BCUT2D eigenvalue weighted by Gasteiger charge is -2.49. The number of hydrogen-bond donors (Lipinski definition) is 1. The van der Waals surface area contributed by atoms with Crippen molar-refractivity contribution in [3.8, 4) is 5.75 Å². The second-order valence-corrected chi connectivity index (χ2v) is 15.9. The first-order valence-corrected chi connectivity index (χ1v) is 18.9. The van der Waals surface area contributed by atoms with Gasteiger partial charge in [-0.1, -0.05) is 74.5 Å². The Kier molecular flexibility index (Phi) is 8.21. The molecule has 3 aliphatic heterocycles. The first kappa shape index (κ1) is 33.5. The van der Waals surface area contributed by atoms with E-state index in [1.54, 1.807) is 0 Å². The molecular formula is C43H46Cl2N2O3. The number of hydrogen-bond acceptors (Lipinski definition) is 5. The molecule has 0 aromatic heterocycles. The smallest absolute Gasteiger partial charge is 0.212 e. The van der Waals surface area contributed by atoms with Gasteiger partial charge in [0.2, 0.25) is 5.72 Å². The lowest BCUT2D eigenvalue weighted by Crippen LogP contribution is -2.58. The second kappa shape index (κ2) is 12.3. The molecular weight excluding hydrogens is 663 g/mol. The SMILES string of the molecule is CC1(C)c2ccccc2N(CCOCCN2c3ccccc3C(C)(C)C23C=CC2=C(O3)C(CCl)=CCC2)C12C=Cc1cc(O)cc(CCl)c1C2. The maximum Gasteiger partial charge on any atom is 0.212 e. The fourth-order valence-corrected chi connectivity index (χ4v) is 9.96. The second-order valence-electron chi connectivity index (χ2n) is 15.3. The van der Waals surface area contributed by atoms with Crippen molar-refractivity contribution in [2.75, 3.05) is 42.0 Å². The van der Waals surface area contributed by atoms with Crippen LogP contribution in [0.4, 0.5) is 11.4 Å². The molecule has 8 rings (SSSR count). The molecule has 0 saturated heterocycles. The Morgan fingerprint density at radius 1 is 0.820 bits per heavy atom. The summed E-state index contributed by atoms with van der Waals surface area (Å²) in [5.74, 6) is 1.99. The Morgan fingerprint density at radius 2 is 1.50 bits per heavy atom. The Morgan fingerprint density at radius 3 is 2.22 bits per heavy atom. The average Bonchev–Trinajstić information content (AvgIpc) is 3.41. The number of allylic oxidation sites excluding steroid dienone is 4. The summed E-state index contributed by atoms with van der Waals surface area (Å²) in [4.78, 5) is 4.95. The van der Waals surface area contributed by atoms with Gasteiger partial charge < -0.3 is 24.4 Å². The molecule has 3 aromatic rings. The third-order valence-electron chi connectivity index (χ3n) is 12.3. The summed E-state index contributed by atoms with van der Waals surface area (Å²) in [7, 11) is 0. The molecule has 5 nitrogen and oxygen atoms in total. The molecule has 0 fully saturated rings. The van der Waals surface area contributed by atoms with Gasteiger partial charge in [-0.2, -0.15) is 0 Å². The molecule has 2 unspecified atom stereocenters. The molecule has 0 radical (unpaired) electrons. The predicted octanol–water partition coefficient (Wildman–Crippen LogP) is 9.55. The van der Waals surface area contributed by atoms with Crippen LogP contribution in [0.25, 0.3) is 6.08 Å². The number of rotatable bonds is 8. The van der Waals surface area contributed by atoms with Crippen molar-refractivity contribution in [1.82, 2.24) is 0 Å². The molecule has 3 aromatic carbocycles. The molecule has 1 N–H and O–H groups in total. The molecule has 0 saturated carbocycles. The highest BCUT2D eigenvalue weighted by Crippen LogP contribution is 2.57. The zero-order chi connectivity index (χ0) is 34.9. The van der Waals surface area contributed by atoms with Crippen LogP contribution in [0.1, 0.15) is 68.4 Å². The largest absolute Gasteiger partial charge is 0.508 e. The van der Waals surface area contributed by atoms with Crippen LogP contribution in [-0.4, -0.2) is 48.6 Å². The van der Waals surface area contributed by atoms with E-state index in [1.807, 2.05) is 12.1 Å². The average molecular weight is 710 g/mol. The summed E-state index contributed by atoms with van der Waals surface area (Å²) in [6.07, 6.45) is 14.1. The number of aromatic hydroxyl groups is 1. The van der Waals surface area contributed by atoms with E-state index in [9.17, 15) is 5.11 Å². The van der Waals surface area contributed by atoms with E-state index in [-0.39, 0.29) is 22.1 Å². The predicted molar refractivity (Wildman–Crippen MR) is 206 cm³/mol. The molecule has 2 atom stereocenters. The number of benzene rings is 3. The van der Waals surface area contributed by atoms with E-state index in [0.29, 0.717) is 31.5 Å². The van der Waals surface area contributed by atoms with Gasteiger partial charge in [-0.15, -0.1) is 23.2 Å². The normalized spacial score (nSPS) is 25.0. The summed E-state index contributed by atoms with van der Waals surface area (Å²) in [6, 6.07) is 21.1. The van der Waals surface area contributed by atoms with Crippen molar-refractivity contribution < 1.29 is 14.6 Å². The van der Waals surface area contributed by atoms with Gasteiger partial charge in [-0.25, -0.2) is 0 Å². The summed E-state index contributed by atoms with van der Waals surface area (Å²) in [6.45, 7) is 11.8. The molecule has 5 aliphatic rings. The molecule has 0 amide bonds. The maximum atomic E-state index is 10.4. The highest BCUT2D eigenvalue weighted by atomic mass is 35.5. The van der Waals surface area contributed by atoms with Crippen LogP contribution in [0.2, 0.25) is 0 Å². The van der Waals surface area contributed by atoms with E-state index in [1.165, 1.54) is 33.6 Å². The zero-order valence-electron chi connectivity index (χ0n) is 29.4. The number of ether oxygens (including phenoxy) is 2. The summed E-state index contributed by atoms with van der Waals surface area (Å²) in [5, 5.41) is 10.4. The summed E-state index contributed by atoms with van der Waals surface area (Å²) < 4.78 is 13.7. The number of anilines is 2. The molecule has 2 aliphatic carbocycles. The molecule has 3 heterocycles. The van der Waals surface area contributed by atoms with Gasteiger partial charge in [0.1, 0.15) is 11.5 Å². The van der Waals surface area contributed by atoms with Gasteiger partial charge in [0, 0.05) is 47.8 Å². The minimum atomic E-state index is -0.696. The van der Waals surface area contributed by atoms with E-state index >= 15 is 0 Å². The van der Waals surface area contributed by atoms with Crippen molar-refractivity contribution in [3.05, 3.63) is 130 Å². The van der Waals surface area contributed by atoms with Crippen molar-refractivity contribution >= 4 is 40.7 Å². The molecule has 7 heteroatoms. The third-order valence-corrected chi connectivity index (χ3v) is 12.9. The Hall–Kier alpha value is -3.64. The first-order valence-electron chi connectivity index (χ1n) is 17.9. The van der Waals surface area contributed by atoms with Crippen molar-refractivity contribution in [3.63, 3.8) is 0 Å². The van der Waals surface area contributed by atoms with Crippen LogP contribution in [0, 0.1) is 0 Å². The molecule has 260 valence electrons. The molecule has 0 bridgehead atoms. The minimum Gasteiger partial charge on any atom is -0.508 e. The number of halogens is 2. The fourth-order valence-electron chi connectivity index (χ4n) is 9.49. The zero-order valence-corrected chi connectivity index (χ0v) is 31.0. The van der Waals surface area contributed by atoms with E-state index < -0.39 is 5.72 Å². The van der Waals surface area contributed by atoms with Gasteiger partial charge in [0.25, 0.3) is 0 Å². The quantitative estimate of drug-likeness (QED) is 0.187. The van der Waals surface area contributed by atoms with Crippen LogP contribution in [-0.2, 0) is 32.6 Å². The van der Waals surface area contributed by atoms with Crippen LogP contribution < -0.4 is 9.80 Å². The number of alkyl halides is 2. The van der Waals surface area contributed by atoms with Gasteiger partial charge in [-0.05, 0) is 90.4 Å². The number of phenols is 1. The maximum absolute atomic E-state index is 10.4. The summed E-state index contributed by atoms with van der Waals surface area (Å²) >= 11 is 12.9.